The third-order valence-electron chi connectivity index (χ3n) is 4.12. The molecule has 2 aromatic carbocycles. The number of thiazole rings is 1. The maximum Gasteiger partial charge on any atom is 0.238 e. The van der Waals surface area contributed by atoms with Gasteiger partial charge in [-0.15, -0.1) is 11.3 Å². The van der Waals surface area contributed by atoms with E-state index in [1.807, 2.05) is 36.4 Å². The fourth-order valence-corrected chi connectivity index (χ4v) is 4.47. The molecule has 28 heavy (non-hydrogen) atoms. The fourth-order valence-electron chi connectivity index (χ4n) is 2.73. The monoisotopic (exact) mass is 427 g/mol. The van der Waals surface area contributed by atoms with E-state index in [1.165, 1.54) is 23.5 Å². The van der Waals surface area contributed by atoms with E-state index in [-0.39, 0.29) is 4.90 Å². The van der Waals surface area contributed by atoms with Gasteiger partial charge in [-0.3, -0.25) is 4.98 Å². The van der Waals surface area contributed by atoms with E-state index >= 15 is 0 Å². The molecular weight excluding hydrogens is 414 g/mol. The van der Waals surface area contributed by atoms with Crippen molar-refractivity contribution in [1.82, 2.24) is 9.97 Å². The van der Waals surface area contributed by atoms with Crippen molar-refractivity contribution in [3.63, 3.8) is 0 Å². The first-order valence-electron chi connectivity index (χ1n) is 8.22. The first-order chi connectivity index (χ1) is 13.4. The molecule has 0 aliphatic carbocycles. The quantitative estimate of drug-likeness (QED) is 0.504. The predicted molar refractivity (Wildman–Crippen MR) is 113 cm³/mol. The van der Waals surface area contributed by atoms with Crippen LogP contribution in [-0.4, -0.2) is 18.4 Å². The second-order valence-corrected chi connectivity index (χ2v) is 9.01. The van der Waals surface area contributed by atoms with Crippen LogP contribution in [-0.2, 0) is 10.0 Å². The van der Waals surface area contributed by atoms with Gasteiger partial charge < -0.3 is 0 Å². The van der Waals surface area contributed by atoms with E-state index in [0.717, 1.165) is 32.3 Å². The molecule has 2 heterocycles. The number of hydrogen-bond acceptors (Lipinski definition) is 5. The molecule has 0 aliphatic rings. The zero-order valence-electron chi connectivity index (χ0n) is 14.4. The van der Waals surface area contributed by atoms with Crippen molar-refractivity contribution in [3.8, 4) is 32.3 Å². The van der Waals surface area contributed by atoms with Crippen LogP contribution in [0.5, 0.6) is 0 Å². The van der Waals surface area contributed by atoms with Crippen molar-refractivity contribution in [2.24, 2.45) is 5.14 Å². The Labute approximate surface area is 171 Å². The lowest BCUT2D eigenvalue weighted by Crippen LogP contribution is -2.11. The summed E-state index contributed by atoms with van der Waals surface area (Å²) >= 11 is 7.55. The lowest BCUT2D eigenvalue weighted by Gasteiger charge is -2.04. The van der Waals surface area contributed by atoms with Crippen LogP contribution < -0.4 is 5.14 Å². The zero-order valence-corrected chi connectivity index (χ0v) is 16.8. The highest BCUT2D eigenvalue weighted by Crippen LogP contribution is 2.40. The zero-order chi connectivity index (χ0) is 19.7. The normalized spacial score (nSPS) is 11.5. The fraction of sp³-hybridized carbons (Fsp3) is 0. The summed E-state index contributed by atoms with van der Waals surface area (Å²) in [6.45, 7) is 0. The molecule has 0 fully saturated rings. The Balaban J connectivity index is 1.87. The van der Waals surface area contributed by atoms with E-state index in [4.69, 9.17) is 21.7 Å². The van der Waals surface area contributed by atoms with Gasteiger partial charge >= 0.3 is 0 Å². The number of pyridine rings is 1. The van der Waals surface area contributed by atoms with E-state index in [1.54, 1.807) is 24.5 Å². The average molecular weight is 428 g/mol. The molecule has 0 unspecified atom stereocenters. The van der Waals surface area contributed by atoms with Crippen LogP contribution in [0.4, 0.5) is 0 Å². The molecule has 4 aromatic rings. The summed E-state index contributed by atoms with van der Waals surface area (Å²) in [4.78, 5) is 9.88. The number of rotatable bonds is 4. The molecule has 2 N–H and O–H groups in total. The molecule has 8 heteroatoms. The standard InChI is InChI=1S/C20H14ClN3O2S2/c21-16-5-1-13(2-6-16)18-19(14-3-7-17(8-4-14)28(22,25)26)27-20(24-18)15-9-11-23-12-10-15/h1-12H,(H2,22,25,26). The molecule has 0 radical (unpaired) electrons. The summed E-state index contributed by atoms with van der Waals surface area (Å²) in [5.74, 6) is 0. The maximum atomic E-state index is 11.5. The van der Waals surface area contributed by atoms with E-state index in [0.29, 0.717) is 5.02 Å². The van der Waals surface area contributed by atoms with Gasteiger partial charge in [0.25, 0.3) is 0 Å². The number of halogens is 1. The number of primary sulfonamides is 1. The molecule has 0 aliphatic heterocycles. The lowest BCUT2D eigenvalue weighted by molar-refractivity contribution is 0.598. The van der Waals surface area contributed by atoms with Gasteiger partial charge in [-0.1, -0.05) is 35.9 Å². The Hall–Kier alpha value is -2.58. The van der Waals surface area contributed by atoms with Gasteiger partial charge in [0, 0.05) is 28.5 Å². The van der Waals surface area contributed by atoms with Crippen LogP contribution in [0.15, 0.2) is 78.0 Å². The third-order valence-corrected chi connectivity index (χ3v) is 6.45. The maximum absolute atomic E-state index is 11.5. The number of nitrogens with two attached hydrogens (primary N) is 1. The van der Waals surface area contributed by atoms with Crippen LogP contribution in [0.2, 0.25) is 5.02 Å². The summed E-state index contributed by atoms with van der Waals surface area (Å²) < 4.78 is 23.1. The lowest BCUT2D eigenvalue weighted by atomic mass is 10.1. The molecule has 0 saturated heterocycles. The topological polar surface area (TPSA) is 85.9 Å². The Morgan fingerprint density at radius 3 is 2.04 bits per heavy atom. The number of hydrogen-bond donors (Lipinski definition) is 1. The second-order valence-electron chi connectivity index (χ2n) is 6.01. The second kappa shape index (κ2) is 7.44. The third kappa shape index (κ3) is 3.83. The van der Waals surface area contributed by atoms with Crippen LogP contribution in [0.1, 0.15) is 0 Å². The minimum atomic E-state index is -3.74. The van der Waals surface area contributed by atoms with Crippen molar-refractivity contribution in [1.29, 1.82) is 0 Å². The SMILES string of the molecule is NS(=O)(=O)c1ccc(-c2sc(-c3ccncc3)nc2-c2ccc(Cl)cc2)cc1. The Morgan fingerprint density at radius 1 is 0.821 bits per heavy atom. The van der Waals surface area contributed by atoms with Crippen molar-refractivity contribution in [2.75, 3.05) is 0 Å². The van der Waals surface area contributed by atoms with Gasteiger partial charge in [-0.2, -0.15) is 0 Å². The molecule has 5 nitrogen and oxygen atoms in total. The largest absolute Gasteiger partial charge is 0.265 e. The summed E-state index contributed by atoms with van der Waals surface area (Å²) in [6, 6.07) is 17.7. The Kier molecular flexibility index (Phi) is 4.99. The number of sulfonamides is 1. The van der Waals surface area contributed by atoms with Crippen LogP contribution in [0.3, 0.4) is 0 Å². The van der Waals surface area contributed by atoms with Crippen molar-refractivity contribution in [3.05, 3.63) is 78.1 Å². The van der Waals surface area contributed by atoms with Crippen molar-refractivity contribution >= 4 is 33.0 Å². The van der Waals surface area contributed by atoms with Crippen LogP contribution >= 0.6 is 22.9 Å². The average Bonchev–Trinajstić information content (AvgIpc) is 3.14. The summed E-state index contributed by atoms with van der Waals surface area (Å²) in [7, 11) is -3.74. The highest BCUT2D eigenvalue weighted by Gasteiger charge is 2.17. The molecular formula is C20H14ClN3O2S2. The molecule has 0 amide bonds. The van der Waals surface area contributed by atoms with Crippen molar-refractivity contribution in [2.45, 2.75) is 4.90 Å². The Bertz CT molecular complexity index is 1220. The number of benzene rings is 2. The first kappa shape index (κ1) is 18.8. The van der Waals surface area contributed by atoms with E-state index in [9.17, 15) is 8.42 Å². The smallest absolute Gasteiger partial charge is 0.238 e. The van der Waals surface area contributed by atoms with Gasteiger partial charge in [-0.25, -0.2) is 18.5 Å². The minimum absolute atomic E-state index is 0.0724. The molecule has 140 valence electrons. The predicted octanol–water partition coefficient (Wildman–Crippen LogP) is 4.84. The van der Waals surface area contributed by atoms with Crippen molar-refractivity contribution < 1.29 is 8.42 Å². The number of nitrogens with zero attached hydrogens (tertiary/aromatic N) is 2. The Morgan fingerprint density at radius 2 is 1.43 bits per heavy atom. The van der Waals surface area contributed by atoms with Gasteiger partial charge in [0.15, 0.2) is 0 Å². The van der Waals surface area contributed by atoms with E-state index in [2.05, 4.69) is 4.98 Å². The summed E-state index contributed by atoms with van der Waals surface area (Å²) in [5.41, 5.74) is 3.54. The highest BCUT2D eigenvalue weighted by atomic mass is 35.5. The first-order valence-corrected chi connectivity index (χ1v) is 11.0. The molecule has 0 atom stereocenters. The van der Waals surface area contributed by atoms with Gasteiger partial charge in [0.1, 0.15) is 5.01 Å². The summed E-state index contributed by atoms with van der Waals surface area (Å²) in [5, 5.41) is 6.70. The van der Waals surface area contributed by atoms with Crippen LogP contribution in [0.25, 0.3) is 32.3 Å². The van der Waals surface area contributed by atoms with Gasteiger partial charge in [0.05, 0.1) is 15.5 Å². The molecule has 0 saturated carbocycles. The molecule has 0 spiro atoms. The van der Waals surface area contributed by atoms with Crippen LogP contribution in [0, 0.1) is 0 Å². The molecule has 0 bridgehead atoms. The molecule has 2 aromatic heterocycles. The van der Waals surface area contributed by atoms with Gasteiger partial charge in [0.2, 0.25) is 10.0 Å². The summed E-state index contributed by atoms with van der Waals surface area (Å²) in [6.07, 6.45) is 3.44. The molecule has 4 rings (SSSR count). The highest BCUT2D eigenvalue weighted by molar-refractivity contribution is 7.89. The minimum Gasteiger partial charge on any atom is -0.265 e. The number of aromatic nitrogens is 2. The van der Waals surface area contributed by atoms with Gasteiger partial charge in [-0.05, 0) is 42.0 Å². The van der Waals surface area contributed by atoms with E-state index < -0.39 is 10.0 Å².